The number of ether oxygens (including phenoxy) is 1. The minimum Gasteiger partial charge on any atom is -0.497 e. The lowest BCUT2D eigenvalue weighted by Gasteiger charge is -2.20. The van der Waals surface area contributed by atoms with Gasteiger partial charge >= 0.3 is 0 Å². The first-order valence-corrected chi connectivity index (χ1v) is 7.25. The van der Waals surface area contributed by atoms with E-state index in [2.05, 4.69) is 22.5 Å². The SMILES string of the molecule is CC[C@@H](NC(=S)Nc1cccnc1)c1ccc(OC)cc1. The van der Waals surface area contributed by atoms with Crippen LogP contribution in [0.2, 0.25) is 0 Å². The standard InChI is InChI=1S/C16H19N3OS/c1-3-15(12-6-8-14(20-2)9-7-12)19-16(21)18-13-5-4-10-17-11-13/h4-11,15H,3H2,1-2H3,(H2,18,19,21)/t15-/m1/s1. The van der Waals surface area contributed by atoms with Gasteiger partial charge in [0.2, 0.25) is 0 Å². The normalized spacial score (nSPS) is 11.5. The van der Waals surface area contributed by atoms with E-state index in [-0.39, 0.29) is 6.04 Å². The van der Waals surface area contributed by atoms with Gasteiger partial charge in [0, 0.05) is 6.20 Å². The molecular formula is C16H19N3OS. The number of anilines is 1. The molecule has 4 nitrogen and oxygen atoms in total. The van der Waals surface area contributed by atoms with Crippen LogP contribution in [0.4, 0.5) is 5.69 Å². The molecule has 0 aliphatic rings. The third-order valence-corrected chi connectivity index (χ3v) is 3.37. The number of rotatable bonds is 5. The molecule has 0 radical (unpaired) electrons. The van der Waals surface area contributed by atoms with Crippen molar-refractivity contribution in [2.45, 2.75) is 19.4 Å². The number of nitrogens with zero attached hydrogens (tertiary/aromatic N) is 1. The predicted octanol–water partition coefficient (Wildman–Crippen LogP) is 3.53. The first-order valence-electron chi connectivity index (χ1n) is 6.84. The highest BCUT2D eigenvalue weighted by Crippen LogP contribution is 2.20. The van der Waals surface area contributed by atoms with Gasteiger partial charge in [0.25, 0.3) is 0 Å². The van der Waals surface area contributed by atoms with Gasteiger partial charge in [-0.15, -0.1) is 0 Å². The van der Waals surface area contributed by atoms with E-state index in [1.807, 2.05) is 36.4 Å². The van der Waals surface area contributed by atoms with Crippen molar-refractivity contribution in [3.05, 3.63) is 54.4 Å². The fourth-order valence-electron chi connectivity index (χ4n) is 2.02. The Balaban J connectivity index is 1.99. The van der Waals surface area contributed by atoms with Crippen molar-refractivity contribution < 1.29 is 4.74 Å². The number of methoxy groups -OCH3 is 1. The zero-order valence-electron chi connectivity index (χ0n) is 12.2. The van der Waals surface area contributed by atoms with Gasteiger partial charge in [0.1, 0.15) is 5.75 Å². The highest BCUT2D eigenvalue weighted by molar-refractivity contribution is 7.80. The fraction of sp³-hybridized carbons (Fsp3) is 0.250. The Kier molecular flexibility index (Phi) is 5.51. The van der Waals surface area contributed by atoms with Gasteiger partial charge in [0.05, 0.1) is 25.0 Å². The Morgan fingerprint density at radius 3 is 2.62 bits per heavy atom. The lowest BCUT2D eigenvalue weighted by Crippen LogP contribution is -2.32. The van der Waals surface area contributed by atoms with Crippen LogP contribution in [0, 0.1) is 0 Å². The van der Waals surface area contributed by atoms with Gasteiger partial charge in [-0.2, -0.15) is 0 Å². The maximum absolute atomic E-state index is 5.35. The molecular weight excluding hydrogens is 282 g/mol. The number of hydrogen-bond donors (Lipinski definition) is 2. The van der Waals surface area contributed by atoms with Crippen LogP contribution in [0.15, 0.2) is 48.8 Å². The van der Waals surface area contributed by atoms with Gasteiger partial charge in [0.15, 0.2) is 5.11 Å². The topological polar surface area (TPSA) is 46.2 Å². The van der Waals surface area contributed by atoms with Crippen LogP contribution in [0.5, 0.6) is 5.75 Å². The van der Waals surface area contributed by atoms with Crippen molar-refractivity contribution in [1.82, 2.24) is 10.3 Å². The predicted molar refractivity (Wildman–Crippen MR) is 89.6 cm³/mol. The molecule has 0 saturated heterocycles. The minimum atomic E-state index is 0.160. The molecule has 21 heavy (non-hydrogen) atoms. The zero-order valence-corrected chi connectivity index (χ0v) is 13.0. The van der Waals surface area contributed by atoms with Crippen LogP contribution >= 0.6 is 12.2 Å². The second-order valence-corrected chi connectivity index (χ2v) is 4.98. The summed E-state index contributed by atoms with van der Waals surface area (Å²) in [6.45, 7) is 2.12. The molecule has 0 amide bonds. The summed E-state index contributed by atoms with van der Waals surface area (Å²) in [7, 11) is 1.66. The van der Waals surface area contributed by atoms with E-state index in [0.717, 1.165) is 17.9 Å². The first-order chi connectivity index (χ1) is 10.2. The van der Waals surface area contributed by atoms with E-state index in [9.17, 15) is 0 Å². The Morgan fingerprint density at radius 1 is 1.29 bits per heavy atom. The summed E-state index contributed by atoms with van der Waals surface area (Å²) in [4.78, 5) is 4.05. The quantitative estimate of drug-likeness (QED) is 0.827. The average molecular weight is 301 g/mol. The number of benzene rings is 1. The Labute approximate surface area is 130 Å². The minimum absolute atomic E-state index is 0.160. The third-order valence-electron chi connectivity index (χ3n) is 3.15. The van der Waals surface area contributed by atoms with E-state index in [1.165, 1.54) is 5.56 Å². The number of pyridine rings is 1. The van der Waals surface area contributed by atoms with Crippen LogP contribution < -0.4 is 15.4 Å². The number of hydrogen-bond acceptors (Lipinski definition) is 3. The van der Waals surface area contributed by atoms with E-state index in [1.54, 1.807) is 19.5 Å². The molecule has 0 bridgehead atoms. The van der Waals surface area contributed by atoms with Crippen molar-refractivity contribution in [1.29, 1.82) is 0 Å². The van der Waals surface area contributed by atoms with Gasteiger partial charge in [-0.05, 0) is 48.5 Å². The number of nitrogens with one attached hydrogen (secondary N) is 2. The van der Waals surface area contributed by atoms with Gasteiger partial charge in [-0.25, -0.2) is 0 Å². The van der Waals surface area contributed by atoms with Crippen LogP contribution in [-0.4, -0.2) is 17.2 Å². The van der Waals surface area contributed by atoms with Crippen molar-refractivity contribution in [3.8, 4) is 5.75 Å². The maximum Gasteiger partial charge on any atom is 0.171 e. The van der Waals surface area contributed by atoms with Crippen LogP contribution in [-0.2, 0) is 0 Å². The molecule has 0 unspecified atom stereocenters. The van der Waals surface area contributed by atoms with Crippen LogP contribution in [0.3, 0.4) is 0 Å². The van der Waals surface area contributed by atoms with E-state index < -0.39 is 0 Å². The molecule has 2 rings (SSSR count). The fourth-order valence-corrected chi connectivity index (χ4v) is 2.28. The van der Waals surface area contributed by atoms with Crippen LogP contribution in [0.1, 0.15) is 24.9 Å². The van der Waals surface area contributed by atoms with E-state index in [4.69, 9.17) is 17.0 Å². The first kappa shape index (κ1) is 15.3. The van der Waals surface area contributed by atoms with E-state index in [0.29, 0.717) is 5.11 Å². The monoisotopic (exact) mass is 301 g/mol. The third kappa shape index (κ3) is 4.43. The number of aromatic nitrogens is 1. The number of thiocarbonyl (C=S) groups is 1. The maximum atomic E-state index is 5.35. The smallest absolute Gasteiger partial charge is 0.171 e. The molecule has 0 saturated carbocycles. The Hall–Kier alpha value is -2.14. The zero-order chi connectivity index (χ0) is 15.1. The second kappa shape index (κ2) is 7.59. The molecule has 0 aliphatic carbocycles. The van der Waals surface area contributed by atoms with E-state index >= 15 is 0 Å². The lowest BCUT2D eigenvalue weighted by molar-refractivity contribution is 0.414. The Bertz CT molecular complexity index is 572. The lowest BCUT2D eigenvalue weighted by atomic mass is 10.0. The molecule has 2 N–H and O–H groups in total. The summed E-state index contributed by atoms with van der Waals surface area (Å²) >= 11 is 5.35. The summed E-state index contributed by atoms with van der Waals surface area (Å²) in [6, 6.07) is 12.0. The summed E-state index contributed by atoms with van der Waals surface area (Å²) in [5.74, 6) is 0.852. The molecule has 110 valence electrons. The molecule has 2 aromatic rings. The molecule has 0 aliphatic heterocycles. The van der Waals surface area contributed by atoms with Crippen molar-refractivity contribution >= 4 is 23.0 Å². The molecule has 1 heterocycles. The van der Waals surface area contributed by atoms with Gasteiger partial charge < -0.3 is 15.4 Å². The summed E-state index contributed by atoms with van der Waals surface area (Å²) in [5, 5.41) is 7.04. The van der Waals surface area contributed by atoms with Crippen molar-refractivity contribution in [2.24, 2.45) is 0 Å². The average Bonchev–Trinajstić information content (AvgIpc) is 2.53. The molecule has 1 aromatic carbocycles. The van der Waals surface area contributed by atoms with Gasteiger partial charge in [-0.3, -0.25) is 4.98 Å². The molecule has 1 atom stereocenters. The summed E-state index contributed by atoms with van der Waals surface area (Å²) in [6.07, 6.45) is 4.40. The molecule has 0 fully saturated rings. The molecule has 1 aromatic heterocycles. The highest BCUT2D eigenvalue weighted by Gasteiger charge is 2.10. The van der Waals surface area contributed by atoms with Crippen molar-refractivity contribution in [3.63, 3.8) is 0 Å². The molecule has 0 spiro atoms. The second-order valence-electron chi connectivity index (χ2n) is 4.57. The summed E-state index contributed by atoms with van der Waals surface area (Å²) < 4.78 is 5.18. The van der Waals surface area contributed by atoms with Crippen LogP contribution in [0.25, 0.3) is 0 Å². The van der Waals surface area contributed by atoms with Crippen molar-refractivity contribution in [2.75, 3.05) is 12.4 Å². The highest BCUT2D eigenvalue weighted by atomic mass is 32.1. The van der Waals surface area contributed by atoms with Gasteiger partial charge in [-0.1, -0.05) is 19.1 Å². The summed E-state index contributed by atoms with van der Waals surface area (Å²) in [5.41, 5.74) is 2.05. The largest absolute Gasteiger partial charge is 0.497 e. The molecule has 5 heteroatoms. The Morgan fingerprint density at radius 2 is 2.05 bits per heavy atom.